The van der Waals surface area contributed by atoms with E-state index >= 15 is 0 Å². The molecule has 2 aromatic carbocycles. The van der Waals surface area contributed by atoms with Gasteiger partial charge in [-0.05, 0) is 43.0 Å². The lowest BCUT2D eigenvalue weighted by Crippen LogP contribution is -2.21. The molecule has 3 aromatic rings. The molecule has 0 saturated heterocycles. The molecule has 0 unspecified atom stereocenters. The van der Waals surface area contributed by atoms with E-state index in [4.69, 9.17) is 16.3 Å². The van der Waals surface area contributed by atoms with Gasteiger partial charge in [0.15, 0.2) is 0 Å². The van der Waals surface area contributed by atoms with Crippen LogP contribution in [-0.4, -0.2) is 10.5 Å². The summed E-state index contributed by atoms with van der Waals surface area (Å²) < 4.78 is 7.39. The first-order valence-corrected chi connectivity index (χ1v) is 8.99. The molecule has 0 aliphatic heterocycles. The first-order valence-electron chi connectivity index (χ1n) is 8.61. The average molecular weight is 368 g/mol. The smallest absolute Gasteiger partial charge is 0.343 e. The Bertz CT molecular complexity index is 1050. The van der Waals surface area contributed by atoms with Gasteiger partial charge in [0, 0.05) is 22.6 Å². The second-order valence-corrected chi connectivity index (χ2v) is 7.05. The molecule has 132 valence electrons. The first kappa shape index (κ1) is 16.9. The van der Waals surface area contributed by atoms with Gasteiger partial charge in [-0.15, -0.1) is 0 Å². The summed E-state index contributed by atoms with van der Waals surface area (Å²) in [7, 11) is 0. The van der Waals surface area contributed by atoms with E-state index < -0.39 is 5.97 Å². The van der Waals surface area contributed by atoms with Gasteiger partial charge in [-0.1, -0.05) is 41.9 Å². The summed E-state index contributed by atoms with van der Waals surface area (Å²) >= 11 is 6.25. The maximum absolute atomic E-state index is 12.9. The fourth-order valence-electron chi connectivity index (χ4n) is 3.19. The number of aromatic nitrogens is 1. The van der Waals surface area contributed by atoms with E-state index in [0.717, 1.165) is 29.5 Å². The van der Waals surface area contributed by atoms with E-state index in [-0.39, 0.29) is 17.6 Å². The highest BCUT2D eigenvalue weighted by atomic mass is 35.5. The molecule has 0 amide bonds. The van der Waals surface area contributed by atoms with Crippen LogP contribution in [0.15, 0.2) is 53.5 Å². The Balaban J connectivity index is 1.76. The summed E-state index contributed by atoms with van der Waals surface area (Å²) in [5, 5.41) is 1.12. The van der Waals surface area contributed by atoms with Crippen molar-refractivity contribution in [2.24, 2.45) is 0 Å². The number of fused-ring (bicyclic) bond motifs is 1. The fraction of sp³-hybridized carbons (Fsp3) is 0.238. The molecule has 0 radical (unpaired) electrons. The van der Waals surface area contributed by atoms with Crippen molar-refractivity contribution in [2.75, 3.05) is 0 Å². The second-order valence-electron chi connectivity index (χ2n) is 6.64. The highest BCUT2D eigenvalue weighted by Gasteiger charge is 2.28. The predicted molar refractivity (Wildman–Crippen MR) is 102 cm³/mol. The minimum Gasteiger partial charge on any atom is -0.457 e. The molecule has 1 aliphatic rings. The molecule has 26 heavy (non-hydrogen) atoms. The van der Waals surface area contributed by atoms with E-state index in [0.29, 0.717) is 16.5 Å². The van der Waals surface area contributed by atoms with Crippen molar-refractivity contribution in [3.05, 3.63) is 80.6 Å². The number of halogens is 1. The zero-order valence-corrected chi connectivity index (χ0v) is 15.1. The zero-order valence-electron chi connectivity index (χ0n) is 14.4. The number of pyridine rings is 1. The van der Waals surface area contributed by atoms with Crippen molar-refractivity contribution in [1.29, 1.82) is 0 Å². The Kier molecular flexibility index (Phi) is 4.29. The van der Waals surface area contributed by atoms with Gasteiger partial charge in [-0.3, -0.25) is 4.79 Å². The number of carbonyl (C=O) groups is 1. The molecular formula is C21H18ClNO3. The Labute approximate surface area is 156 Å². The Morgan fingerprint density at radius 3 is 2.62 bits per heavy atom. The average Bonchev–Trinajstić information content (AvgIpc) is 3.49. The molecule has 0 N–H and O–H groups in total. The van der Waals surface area contributed by atoms with Crippen molar-refractivity contribution in [1.82, 2.24) is 4.57 Å². The predicted octanol–water partition coefficient (Wildman–Crippen LogP) is 4.66. The van der Waals surface area contributed by atoms with Gasteiger partial charge in [-0.2, -0.15) is 0 Å². The summed E-state index contributed by atoms with van der Waals surface area (Å²) in [6.45, 7) is 2.04. The van der Waals surface area contributed by atoms with Crippen molar-refractivity contribution in [3.63, 3.8) is 0 Å². The Morgan fingerprint density at radius 2 is 1.92 bits per heavy atom. The lowest BCUT2D eigenvalue weighted by atomic mass is 10.1. The summed E-state index contributed by atoms with van der Waals surface area (Å²) in [5.41, 5.74) is 2.31. The summed E-state index contributed by atoms with van der Waals surface area (Å²) in [6, 6.07) is 13.1. The van der Waals surface area contributed by atoms with Crippen LogP contribution in [0.5, 0.6) is 0 Å². The van der Waals surface area contributed by atoms with E-state index in [2.05, 4.69) is 0 Å². The number of carbonyl (C=O) groups excluding carboxylic acids is 1. The fourth-order valence-corrected chi connectivity index (χ4v) is 3.34. The number of hydrogen-bond donors (Lipinski definition) is 0. The highest BCUT2D eigenvalue weighted by molar-refractivity contribution is 6.32. The minimum absolute atomic E-state index is 0.0713. The summed E-state index contributed by atoms with van der Waals surface area (Å²) in [4.78, 5) is 25.5. The molecule has 4 rings (SSSR count). The second kappa shape index (κ2) is 6.61. The molecular weight excluding hydrogens is 350 g/mol. The molecule has 1 saturated carbocycles. The van der Waals surface area contributed by atoms with Crippen LogP contribution < -0.4 is 5.43 Å². The van der Waals surface area contributed by atoms with Gasteiger partial charge in [0.1, 0.15) is 12.2 Å². The number of aryl methyl sites for hydroxylation is 1. The van der Waals surface area contributed by atoms with Crippen LogP contribution in [0.25, 0.3) is 10.9 Å². The SMILES string of the molecule is Cc1c(Cl)ccc2c(=O)c(C(=O)OCc3ccccc3)cn(C3CC3)c12. The van der Waals surface area contributed by atoms with Crippen molar-refractivity contribution < 1.29 is 9.53 Å². The quantitative estimate of drug-likeness (QED) is 0.630. The topological polar surface area (TPSA) is 48.3 Å². The van der Waals surface area contributed by atoms with Crippen LogP contribution in [0.3, 0.4) is 0 Å². The molecule has 1 aromatic heterocycles. The van der Waals surface area contributed by atoms with E-state index in [1.54, 1.807) is 18.3 Å². The third-order valence-corrected chi connectivity index (χ3v) is 5.16. The molecule has 4 nitrogen and oxygen atoms in total. The third kappa shape index (κ3) is 3.01. The van der Waals surface area contributed by atoms with Crippen LogP contribution in [0, 0.1) is 6.92 Å². The van der Waals surface area contributed by atoms with Crippen LogP contribution in [0.1, 0.15) is 40.4 Å². The number of hydrogen-bond acceptors (Lipinski definition) is 3. The third-order valence-electron chi connectivity index (χ3n) is 4.75. The van der Waals surface area contributed by atoms with Gasteiger partial charge in [0.05, 0.1) is 5.52 Å². The highest BCUT2D eigenvalue weighted by Crippen LogP contribution is 2.38. The van der Waals surface area contributed by atoms with Gasteiger partial charge in [0.25, 0.3) is 0 Å². The molecule has 0 atom stereocenters. The van der Waals surface area contributed by atoms with E-state index in [1.165, 1.54) is 0 Å². The first-order chi connectivity index (χ1) is 12.6. The zero-order chi connectivity index (χ0) is 18.3. The number of rotatable bonds is 4. The molecule has 1 aliphatic carbocycles. The number of esters is 1. The Morgan fingerprint density at radius 1 is 1.19 bits per heavy atom. The molecule has 1 fully saturated rings. The number of benzene rings is 2. The van der Waals surface area contributed by atoms with Crippen LogP contribution in [-0.2, 0) is 11.3 Å². The molecule has 1 heterocycles. The summed E-state index contributed by atoms with van der Waals surface area (Å²) in [5.74, 6) is -0.595. The molecule has 0 spiro atoms. The van der Waals surface area contributed by atoms with Crippen molar-refractivity contribution >= 4 is 28.5 Å². The van der Waals surface area contributed by atoms with E-state index in [1.807, 2.05) is 41.8 Å². The van der Waals surface area contributed by atoms with Crippen LogP contribution in [0.4, 0.5) is 0 Å². The lowest BCUT2D eigenvalue weighted by Gasteiger charge is -2.15. The summed E-state index contributed by atoms with van der Waals surface area (Å²) in [6.07, 6.45) is 3.70. The normalized spacial score (nSPS) is 13.8. The van der Waals surface area contributed by atoms with Gasteiger partial charge < -0.3 is 9.30 Å². The number of ether oxygens (including phenoxy) is 1. The van der Waals surface area contributed by atoms with E-state index in [9.17, 15) is 9.59 Å². The van der Waals surface area contributed by atoms with Gasteiger partial charge >= 0.3 is 5.97 Å². The number of nitrogens with zero attached hydrogens (tertiary/aromatic N) is 1. The molecule has 0 bridgehead atoms. The molecule has 5 heteroatoms. The minimum atomic E-state index is -0.595. The van der Waals surface area contributed by atoms with Crippen LogP contribution in [0.2, 0.25) is 5.02 Å². The maximum Gasteiger partial charge on any atom is 0.343 e. The maximum atomic E-state index is 12.9. The Hall–Kier alpha value is -2.59. The van der Waals surface area contributed by atoms with Gasteiger partial charge in [-0.25, -0.2) is 4.79 Å². The van der Waals surface area contributed by atoms with Crippen molar-refractivity contribution in [2.45, 2.75) is 32.4 Å². The standard InChI is InChI=1S/C21H18ClNO3/c1-13-18(22)10-9-16-19(13)23(15-7-8-15)11-17(20(16)24)21(25)26-12-14-5-3-2-4-6-14/h2-6,9-11,15H,7-8,12H2,1H3. The largest absolute Gasteiger partial charge is 0.457 e. The van der Waals surface area contributed by atoms with Crippen LogP contribution >= 0.6 is 11.6 Å². The van der Waals surface area contributed by atoms with Gasteiger partial charge in [0.2, 0.25) is 5.43 Å². The lowest BCUT2D eigenvalue weighted by molar-refractivity contribution is 0.0470. The monoisotopic (exact) mass is 367 g/mol. The van der Waals surface area contributed by atoms with Crippen molar-refractivity contribution in [3.8, 4) is 0 Å².